The van der Waals surface area contributed by atoms with Crippen LogP contribution in [0.2, 0.25) is 0 Å². The van der Waals surface area contributed by atoms with Crippen molar-refractivity contribution in [2.45, 2.75) is 49.1 Å². The van der Waals surface area contributed by atoms with Gasteiger partial charge in [-0.1, -0.05) is 12.1 Å². The molecule has 130 valence electrons. The van der Waals surface area contributed by atoms with Gasteiger partial charge in [0.1, 0.15) is 5.69 Å². The zero-order valence-corrected chi connectivity index (χ0v) is 15.0. The van der Waals surface area contributed by atoms with Gasteiger partial charge < -0.3 is 10.1 Å². The van der Waals surface area contributed by atoms with Gasteiger partial charge in [0, 0.05) is 16.7 Å². The highest BCUT2D eigenvalue weighted by atomic mass is 32.1. The lowest BCUT2D eigenvalue weighted by atomic mass is 9.84. The standard InChI is InChI=1S/C19H21N3O2S/c1-19(24)9-6-13(7-10-19)22-15-8-11-20-18(23)16(15)17(21-22)12-2-4-14(25)5-3-12/h2-5,8,11,13,24-25H,6-7,9-10H2,1H3,(H,20,23). The Morgan fingerprint density at radius 1 is 1.24 bits per heavy atom. The van der Waals surface area contributed by atoms with E-state index in [0.29, 0.717) is 11.1 Å². The van der Waals surface area contributed by atoms with Crippen LogP contribution in [-0.4, -0.2) is 25.5 Å². The molecule has 1 saturated carbocycles. The lowest BCUT2D eigenvalue weighted by molar-refractivity contribution is 0.00907. The fourth-order valence-corrected chi connectivity index (χ4v) is 3.82. The van der Waals surface area contributed by atoms with E-state index in [-0.39, 0.29) is 11.6 Å². The number of fused-ring (bicyclic) bond motifs is 1. The second-order valence-corrected chi connectivity index (χ2v) is 7.65. The lowest BCUT2D eigenvalue weighted by Gasteiger charge is -2.33. The SMILES string of the molecule is CC1(O)CCC(n2nc(-c3ccc(S)cc3)c3c(=O)[nH]ccc32)CC1. The van der Waals surface area contributed by atoms with Gasteiger partial charge in [-0.05, 0) is 50.8 Å². The highest BCUT2D eigenvalue weighted by Gasteiger charge is 2.31. The summed E-state index contributed by atoms with van der Waals surface area (Å²) < 4.78 is 1.98. The second kappa shape index (κ2) is 6.04. The summed E-state index contributed by atoms with van der Waals surface area (Å²) in [6.07, 6.45) is 4.86. The Kier molecular flexibility index (Phi) is 3.96. The Hall–Kier alpha value is -2.05. The molecule has 0 aliphatic heterocycles. The van der Waals surface area contributed by atoms with Gasteiger partial charge in [-0.3, -0.25) is 9.48 Å². The van der Waals surface area contributed by atoms with E-state index in [4.69, 9.17) is 5.10 Å². The highest BCUT2D eigenvalue weighted by Crippen LogP contribution is 2.37. The number of nitrogens with zero attached hydrogens (tertiary/aromatic N) is 2. The van der Waals surface area contributed by atoms with E-state index < -0.39 is 5.60 Å². The first-order valence-corrected chi connectivity index (χ1v) is 9.01. The zero-order valence-electron chi connectivity index (χ0n) is 14.1. The number of thiol groups is 1. The summed E-state index contributed by atoms with van der Waals surface area (Å²) in [4.78, 5) is 16.1. The number of benzene rings is 1. The average molecular weight is 355 g/mol. The molecule has 1 aliphatic rings. The number of hydrogen-bond acceptors (Lipinski definition) is 4. The summed E-state index contributed by atoms with van der Waals surface area (Å²) in [5.41, 5.74) is 1.72. The Morgan fingerprint density at radius 2 is 1.92 bits per heavy atom. The molecule has 0 saturated heterocycles. The van der Waals surface area contributed by atoms with Crippen molar-refractivity contribution in [3.8, 4) is 11.3 Å². The van der Waals surface area contributed by atoms with Crippen LogP contribution in [-0.2, 0) is 0 Å². The van der Waals surface area contributed by atoms with Gasteiger partial charge in [-0.2, -0.15) is 5.10 Å². The minimum atomic E-state index is -0.595. The average Bonchev–Trinajstić information content (AvgIpc) is 2.97. The molecule has 1 aliphatic carbocycles. The number of rotatable bonds is 2. The highest BCUT2D eigenvalue weighted by molar-refractivity contribution is 7.80. The lowest BCUT2D eigenvalue weighted by Crippen LogP contribution is -2.31. The predicted octanol–water partition coefficient (Wildman–Crippen LogP) is 3.55. The van der Waals surface area contributed by atoms with Gasteiger partial charge in [0.05, 0.1) is 22.5 Å². The zero-order chi connectivity index (χ0) is 17.6. The number of pyridine rings is 1. The van der Waals surface area contributed by atoms with E-state index in [0.717, 1.165) is 41.7 Å². The third-order valence-electron chi connectivity index (χ3n) is 5.15. The van der Waals surface area contributed by atoms with Crippen molar-refractivity contribution in [3.63, 3.8) is 0 Å². The number of aromatic amines is 1. The fraction of sp³-hybridized carbons (Fsp3) is 0.368. The first-order chi connectivity index (χ1) is 11.9. The molecule has 2 N–H and O–H groups in total. The van der Waals surface area contributed by atoms with Crippen LogP contribution < -0.4 is 5.56 Å². The van der Waals surface area contributed by atoms with Gasteiger partial charge in [0.2, 0.25) is 0 Å². The quantitative estimate of drug-likeness (QED) is 0.616. The second-order valence-electron chi connectivity index (χ2n) is 7.14. The van der Waals surface area contributed by atoms with Crippen molar-refractivity contribution in [2.75, 3.05) is 0 Å². The summed E-state index contributed by atoms with van der Waals surface area (Å²) in [5.74, 6) is 0. The van der Waals surface area contributed by atoms with Gasteiger partial charge in [0.15, 0.2) is 0 Å². The Morgan fingerprint density at radius 3 is 2.60 bits per heavy atom. The van der Waals surface area contributed by atoms with Crippen LogP contribution >= 0.6 is 12.6 Å². The fourth-order valence-electron chi connectivity index (χ4n) is 3.67. The van der Waals surface area contributed by atoms with E-state index in [1.54, 1.807) is 6.20 Å². The van der Waals surface area contributed by atoms with Crippen LogP contribution in [0.5, 0.6) is 0 Å². The van der Waals surface area contributed by atoms with Crippen LogP contribution in [0.4, 0.5) is 0 Å². The smallest absolute Gasteiger partial charge is 0.259 e. The van der Waals surface area contributed by atoms with E-state index in [1.807, 2.05) is 41.9 Å². The number of nitrogens with one attached hydrogen (secondary N) is 1. The van der Waals surface area contributed by atoms with Crippen molar-refractivity contribution in [1.82, 2.24) is 14.8 Å². The van der Waals surface area contributed by atoms with Crippen LogP contribution in [0, 0.1) is 0 Å². The summed E-state index contributed by atoms with van der Waals surface area (Å²) in [5, 5.41) is 15.6. The van der Waals surface area contributed by atoms with Gasteiger partial charge >= 0.3 is 0 Å². The predicted molar refractivity (Wildman–Crippen MR) is 101 cm³/mol. The monoisotopic (exact) mass is 355 g/mol. The maximum atomic E-state index is 12.5. The number of hydrogen-bond donors (Lipinski definition) is 3. The molecule has 0 amide bonds. The van der Waals surface area contributed by atoms with Gasteiger partial charge in [-0.25, -0.2) is 0 Å². The molecule has 2 heterocycles. The number of aromatic nitrogens is 3. The van der Waals surface area contributed by atoms with Crippen molar-refractivity contribution >= 4 is 23.5 Å². The normalized spacial score (nSPS) is 23.9. The van der Waals surface area contributed by atoms with Crippen LogP contribution in [0.3, 0.4) is 0 Å². The van der Waals surface area contributed by atoms with Crippen LogP contribution in [0.1, 0.15) is 38.6 Å². The van der Waals surface area contributed by atoms with Crippen LogP contribution in [0.15, 0.2) is 46.2 Å². The Balaban J connectivity index is 1.85. The molecule has 5 nitrogen and oxygen atoms in total. The first-order valence-electron chi connectivity index (χ1n) is 8.56. The molecule has 2 aromatic heterocycles. The largest absolute Gasteiger partial charge is 0.390 e. The number of H-pyrrole nitrogens is 1. The minimum Gasteiger partial charge on any atom is -0.390 e. The van der Waals surface area contributed by atoms with E-state index in [9.17, 15) is 9.90 Å². The molecule has 0 atom stereocenters. The third kappa shape index (κ3) is 3.00. The molecular formula is C19H21N3O2S. The topological polar surface area (TPSA) is 70.9 Å². The van der Waals surface area contributed by atoms with Crippen LogP contribution in [0.25, 0.3) is 22.2 Å². The van der Waals surface area contributed by atoms with Crippen molar-refractivity contribution in [3.05, 3.63) is 46.9 Å². The third-order valence-corrected chi connectivity index (χ3v) is 5.45. The first kappa shape index (κ1) is 16.4. The molecule has 1 aromatic carbocycles. The van der Waals surface area contributed by atoms with Gasteiger partial charge in [-0.15, -0.1) is 12.6 Å². The summed E-state index contributed by atoms with van der Waals surface area (Å²) in [7, 11) is 0. The van der Waals surface area contributed by atoms with E-state index in [2.05, 4.69) is 17.6 Å². The summed E-state index contributed by atoms with van der Waals surface area (Å²) in [6, 6.07) is 9.78. The maximum absolute atomic E-state index is 12.5. The minimum absolute atomic E-state index is 0.128. The molecule has 25 heavy (non-hydrogen) atoms. The summed E-state index contributed by atoms with van der Waals surface area (Å²) in [6.45, 7) is 1.89. The molecule has 1 fully saturated rings. The van der Waals surface area contributed by atoms with E-state index in [1.165, 1.54) is 0 Å². The van der Waals surface area contributed by atoms with Crippen molar-refractivity contribution in [2.24, 2.45) is 0 Å². The summed E-state index contributed by atoms with van der Waals surface area (Å²) >= 11 is 4.33. The molecule has 0 spiro atoms. The Labute approximate surface area is 151 Å². The van der Waals surface area contributed by atoms with Crippen molar-refractivity contribution < 1.29 is 5.11 Å². The molecule has 0 bridgehead atoms. The molecular weight excluding hydrogens is 334 g/mol. The molecule has 0 radical (unpaired) electrons. The molecule has 0 unspecified atom stereocenters. The van der Waals surface area contributed by atoms with Crippen molar-refractivity contribution in [1.29, 1.82) is 0 Å². The maximum Gasteiger partial charge on any atom is 0.259 e. The van der Waals surface area contributed by atoms with Gasteiger partial charge in [0.25, 0.3) is 5.56 Å². The van der Waals surface area contributed by atoms with E-state index >= 15 is 0 Å². The molecule has 4 rings (SSSR count). The number of aliphatic hydroxyl groups is 1. The molecule has 6 heteroatoms. The Bertz CT molecular complexity index is 962. The molecule has 3 aromatic rings.